The van der Waals surface area contributed by atoms with Crippen LogP contribution in [0.2, 0.25) is 0 Å². The summed E-state index contributed by atoms with van der Waals surface area (Å²) in [6.07, 6.45) is 1.43. The number of aromatic nitrogens is 1. The number of benzene rings is 2. The monoisotopic (exact) mass is 378 g/mol. The largest absolute Gasteiger partial charge is 0.256 e. The SMILES string of the molecule is Cc1cc(-c2cccnc2-c2cc(F)c(S(N)(=O)=O)c(F)c2)ccc1F. The molecule has 2 N–H and O–H groups in total. The third kappa shape index (κ3) is 3.33. The molecule has 0 fully saturated rings. The Morgan fingerprint density at radius 3 is 2.15 bits per heavy atom. The smallest absolute Gasteiger partial charge is 0.243 e. The summed E-state index contributed by atoms with van der Waals surface area (Å²) in [4.78, 5) is 2.95. The van der Waals surface area contributed by atoms with Gasteiger partial charge in [-0.3, -0.25) is 4.98 Å². The van der Waals surface area contributed by atoms with Crippen LogP contribution in [-0.2, 0) is 10.0 Å². The molecule has 0 aliphatic heterocycles. The first-order valence-electron chi connectivity index (χ1n) is 7.42. The lowest BCUT2D eigenvalue weighted by Gasteiger charge is -2.11. The Labute approximate surface area is 148 Å². The first-order chi connectivity index (χ1) is 12.2. The molecule has 0 bridgehead atoms. The van der Waals surface area contributed by atoms with Crippen molar-refractivity contribution in [2.75, 3.05) is 0 Å². The molecular formula is C18H13F3N2O2S. The highest BCUT2D eigenvalue weighted by Gasteiger charge is 2.22. The standard InChI is InChI=1S/C18H13F3N2O2S/c1-10-7-11(4-5-14(10)19)13-3-2-6-23-17(13)12-8-15(20)18(16(21)9-12)26(22,24)25/h2-9H,1H3,(H2,22,24,25). The average Bonchev–Trinajstić information content (AvgIpc) is 2.55. The van der Waals surface area contributed by atoms with Gasteiger partial charge in [-0.2, -0.15) is 0 Å². The molecule has 0 unspecified atom stereocenters. The summed E-state index contributed by atoms with van der Waals surface area (Å²) >= 11 is 0. The van der Waals surface area contributed by atoms with Crippen molar-refractivity contribution in [3.05, 3.63) is 71.7 Å². The van der Waals surface area contributed by atoms with Gasteiger partial charge in [-0.05, 0) is 48.4 Å². The van der Waals surface area contributed by atoms with Crippen molar-refractivity contribution in [2.24, 2.45) is 5.14 Å². The molecule has 1 aromatic heterocycles. The van der Waals surface area contributed by atoms with Crippen LogP contribution in [0.25, 0.3) is 22.4 Å². The van der Waals surface area contributed by atoms with E-state index < -0.39 is 26.6 Å². The van der Waals surface area contributed by atoms with E-state index >= 15 is 0 Å². The van der Waals surface area contributed by atoms with Gasteiger partial charge in [-0.1, -0.05) is 12.1 Å². The minimum atomic E-state index is -4.55. The van der Waals surface area contributed by atoms with Gasteiger partial charge in [0, 0.05) is 17.3 Å². The second-order valence-corrected chi connectivity index (χ2v) is 7.18. The molecule has 1 heterocycles. The van der Waals surface area contributed by atoms with Crippen LogP contribution in [-0.4, -0.2) is 13.4 Å². The van der Waals surface area contributed by atoms with Crippen LogP contribution < -0.4 is 5.14 Å². The van der Waals surface area contributed by atoms with Crippen molar-refractivity contribution >= 4 is 10.0 Å². The topological polar surface area (TPSA) is 73.0 Å². The summed E-state index contributed by atoms with van der Waals surface area (Å²) in [6, 6.07) is 9.39. The fraction of sp³-hybridized carbons (Fsp3) is 0.0556. The number of hydrogen-bond donors (Lipinski definition) is 1. The summed E-state index contributed by atoms with van der Waals surface area (Å²) in [7, 11) is -4.55. The molecule has 3 rings (SSSR count). The lowest BCUT2D eigenvalue weighted by Crippen LogP contribution is -2.16. The number of halogens is 3. The second kappa shape index (κ2) is 6.54. The molecule has 0 aliphatic carbocycles. The van der Waals surface area contributed by atoms with Crippen LogP contribution in [0.3, 0.4) is 0 Å². The Kier molecular flexibility index (Phi) is 4.55. The second-order valence-electron chi connectivity index (χ2n) is 5.68. The highest BCUT2D eigenvalue weighted by molar-refractivity contribution is 7.89. The van der Waals surface area contributed by atoms with Crippen LogP contribution in [0.15, 0.2) is 53.6 Å². The summed E-state index contributed by atoms with van der Waals surface area (Å²) in [5.41, 5.74) is 1.77. The van der Waals surface area contributed by atoms with Crippen LogP contribution in [0.5, 0.6) is 0 Å². The van der Waals surface area contributed by atoms with Gasteiger partial charge in [0.2, 0.25) is 10.0 Å². The average molecular weight is 378 g/mol. The quantitative estimate of drug-likeness (QED) is 0.754. The first kappa shape index (κ1) is 18.1. The van der Waals surface area contributed by atoms with Crippen molar-refractivity contribution in [3.63, 3.8) is 0 Å². The summed E-state index contributed by atoms with van der Waals surface area (Å²) < 4.78 is 64.5. The predicted octanol–water partition coefficient (Wildman–Crippen LogP) is 3.79. The third-order valence-electron chi connectivity index (χ3n) is 3.83. The molecule has 0 atom stereocenters. The first-order valence-corrected chi connectivity index (χ1v) is 8.97. The normalized spacial score (nSPS) is 11.6. The minimum absolute atomic E-state index is 0.0324. The molecule has 26 heavy (non-hydrogen) atoms. The van der Waals surface area contributed by atoms with Gasteiger partial charge in [-0.25, -0.2) is 26.7 Å². The molecule has 0 saturated heterocycles. The number of aryl methyl sites for hydroxylation is 1. The maximum Gasteiger partial charge on any atom is 0.243 e. The lowest BCUT2D eigenvalue weighted by molar-refractivity contribution is 0.520. The van der Waals surface area contributed by atoms with E-state index in [9.17, 15) is 21.6 Å². The van der Waals surface area contributed by atoms with E-state index in [1.54, 1.807) is 25.1 Å². The fourth-order valence-electron chi connectivity index (χ4n) is 2.65. The van der Waals surface area contributed by atoms with Gasteiger partial charge in [0.15, 0.2) is 4.90 Å². The Morgan fingerprint density at radius 1 is 0.923 bits per heavy atom. The molecule has 3 aromatic rings. The summed E-state index contributed by atoms with van der Waals surface area (Å²) in [6.45, 7) is 1.59. The van der Waals surface area contributed by atoms with Crippen molar-refractivity contribution in [2.45, 2.75) is 11.8 Å². The zero-order chi connectivity index (χ0) is 19.1. The number of nitrogens with two attached hydrogens (primary N) is 1. The summed E-state index contributed by atoms with van der Waals surface area (Å²) in [5.74, 6) is -3.00. The highest BCUT2D eigenvalue weighted by Crippen LogP contribution is 2.33. The molecule has 0 spiro atoms. The van der Waals surface area contributed by atoms with E-state index in [4.69, 9.17) is 5.14 Å². The number of hydrogen-bond acceptors (Lipinski definition) is 3. The lowest BCUT2D eigenvalue weighted by atomic mass is 9.98. The van der Waals surface area contributed by atoms with Crippen LogP contribution in [0, 0.1) is 24.4 Å². The number of rotatable bonds is 3. The number of primary sulfonamides is 1. The number of nitrogens with zero attached hydrogens (tertiary/aromatic N) is 1. The number of sulfonamides is 1. The molecule has 4 nitrogen and oxygen atoms in total. The summed E-state index contributed by atoms with van der Waals surface area (Å²) in [5, 5.41) is 4.84. The molecule has 0 amide bonds. The molecule has 0 aliphatic rings. The van der Waals surface area contributed by atoms with Crippen molar-refractivity contribution in [1.29, 1.82) is 0 Å². The van der Waals surface area contributed by atoms with Gasteiger partial charge in [-0.15, -0.1) is 0 Å². The van der Waals surface area contributed by atoms with Gasteiger partial charge >= 0.3 is 0 Å². The molecule has 8 heteroatoms. The zero-order valence-corrected chi connectivity index (χ0v) is 14.3. The predicted molar refractivity (Wildman–Crippen MR) is 91.1 cm³/mol. The van der Waals surface area contributed by atoms with Crippen LogP contribution in [0.1, 0.15) is 5.56 Å². The Morgan fingerprint density at radius 2 is 1.58 bits per heavy atom. The van der Waals surface area contributed by atoms with Gasteiger partial charge in [0.05, 0.1) is 5.69 Å². The maximum atomic E-state index is 14.2. The molecule has 0 radical (unpaired) electrons. The molecule has 134 valence electrons. The number of pyridine rings is 1. The third-order valence-corrected chi connectivity index (χ3v) is 4.79. The van der Waals surface area contributed by atoms with Crippen molar-refractivity contribution in [3.8, 4) is 22.4 Å². The van der Waals surface area contributed by atoms with E-state index in [1.807, 2.05) is 0 Å². The zero-order valence-electron chi connectivity index (χ0n) is 13.5. The van der Waals surface area contributed by atoms with E-state index in [0.29, 0.717) is 16.7 Å². The maximum absolute atomic E-state index is 14.2. The minimum Gasteiger partial charge on any atom is -0.256 e. The Balaban J connectivity index is 2.22. The van der Waals surface area contributed by atoms with E-state index in [0.717, 1.165) is 12.1 Å². The Hall–Kier alpha value is -2.71. The van der Waals surface area contributed by atoms with Gasteiger partial charge in [0.25, 0.3) is 0 Å². The van der Waals surface area contributed by atoms with Gasteiger partial charge < -0.3 is 0 Å². The molecular weight excluding hydrogens is 365 g/mol. The molecule has 0 saturated carbocycles. The van der Waals surface area contributed by atoms with Crippen LogP contribution in [0.4, 0.5) is 13.2 Å². The fourth-order valence-corrected chi connectivity index (χ4v) is 3.31. The van der Waals surface area contributed by atoms with Crippen molar-refractivity contribution < 1.29 is 21.6 Å². The van der Waals surface area contributed by atoms with Crippen molar-refractivity contribution in [1.82, 2.24) is 4.98 Å². The van der Waals surface area contributed by atoms with Gasteiger partial charge in [0.1, 0.15) is 17.5 Å². The highest BCUT2D eigenvalue weighted by atomic mass is 32.2. The van der Waals surface area contributed by atoms with E-state index in [1.165, 1.54) is 18.3 Å². The van der Waals surface area contributed by atoms with E-state index in [2.05, 4.69) is 4.98 Å². The molecule has 2 aromatic carbocycles. The van der Waals surface area contributed by atoms with E-state index in [-0.39, 0.29) is 17.1 Å². The Bertz CT molecular complexity index is 1090. The van der Waals surface area contributed by atoms with Crippen LogP contribution >= 0.6 is 0 Å².